The molecule has 0 amide bonds. The second-order valence-electron chi connectivity index (χ2n) is 5.79. The van der Waals surface area contributed by atoms with Crippen LogP contribution in [0, 0.1) is 0 Å². The van der Waals surface area contributed by atoms with Crippen molar-refractivity contribution < 1.29 is 15.2 Å². The SMILES string of the molecule is CCCCCCCCCCCC[N+](O)(O)C(C)C. The number of unbranched alkanes of at least 4 members (excludes halogenated alkanes) is 9. The van der Waals surface area contributed by atoms with Crippen molar-refractivity contribution in [3.05, 3.63) is 0 Å². The van der Waals surface area contributed by atoms with Crippen LogP contribution in [0.3, 0.4) is 0 Å². The van der Waals surface area contributed by atoms with Crippen molar-refractivity contribution in [1.82, 2.24) is 0 Å². The van der Waals surface area contributed by atoms with Gasteiger partial charge in [0.25, 0.3) is 0 Å². The van der Waals surface area contributed by atoms with Gasteiger partial charge < -0.3 is 0 Å². The summed E-state index contributed by atoms with van der Waals surface area (Å²) >= 11 is 0. The molecular formula is C15H34NO2+. The Labute approximate surface area is 113 Å². The molecule has 0 aromatic carbocycles. The Bertz CT molecular complexity index is 181. The minimum atomic E-state index is -0.822. The zero-order chi connectivity index (χ0) is 13.9. The first-order valence-corrected chi connectivity index (χ1v) is 7.84. The second kappa shape index (κ2) is 10.8. The molecule has 0 aliphatic carbocycles. The smallest absolute Gasteiger partial charge is 0.146 e. The molecule has 18 heavy (non-hydrogen) atoms. The van der Waals surface area contributed by atoms with Crippen LogP contribution in [0.15, 0.2) is 0 Å². The third-order valence-corrected chi connectivity index (χ3v) is 3.67. The first-order valence-electron chi connectivity index (χ1n) is 7.84. The number of quaternary nitrogens is 1. The normalized spacial score (nSPS) is 12.3. The Morgan fingerprint density at radius 2 is 1.11 bits per heavy atom. The summed E-state index contributed by atoms with van der Waals surface area (Å²) in [5.74, 6) is 0. The highest BCUT2D eigenvalue weighted by atomic mass is 16.8. The first-order chi connectivity index (χ1) is 8.50. The monoisotopic (exact) mass is 260 g/mol. The van der Waals surface area contributed by atoms with Crippen LogP contribution in [0.25, 0.3) is 0 Å². The van der Waals surface area contributed by atoms with Crippen molar-refractivity contribution in [3.8, 4) is 0 Å². The summed E-state index contributed by atoms with van der Waals surface area (Å²) in [7, 11) is 0. The van der Waals surface area contributed by atoms with Gasteiger partial charge in [-0.3, -0.25) is 0 Å². The Kier molecular flexibility index (Phi) is 10.7. The summed E-state index contributed by atoms with van der Waals surface area (Å²) in [6, 6.07) is -0.136. The summed E-state index contributed by atoms with van der Waals surface area (Å²) < 4.78 is 0. The number of hydroxylamine groups is 4. The molecule has 0 aromatic rings. The molecule has 2 N–H and O–H groups in total. The first kappa shape index (κ1) is 17.9. The number of hydrogen-bond acceptors (Lipinski definition) is 2. The maximum atomic E-state index is 9.61. The predicted octanol–water partition coefficient (Wildman–Crippen LogP) is 4.91. The largest absolute Gasteiger partial charge is 0.182 e. The van der Waals surface area contributed by atoms with E-state index < -0.39 is 4.81 Å². The molecule has 0 rings (SSSR count). The summed E-state index contributed by atoms with van der Waals surface area (Å²) in [5, 5.41) is 19.2. The van der Waals surface area contributed by atoms with E-state index in [9.17, 15) is 10.4 Å². The minimum absolute atomic E-state index is 0.136. The molecule has 0 fully saturated rings. The molecule has 110 valence electrons. The van der Waals surface area contributed by atoms with Gasteiger partial charge >= 0.3 is 0 Å². The van der Waals surface area contributed by atoms with Gasteiger partial charge in [0.05, 0.1) is 0 Å². The molecule has 0 heterocycles. The van der Waals surface area contributed by atoms with Gasteiger partial charge in [0, 0.05) is 6.42 Å². The predicted molar refractivity (Wildman–Crippen MR) is 75.7 cm³/mol. The van der Waals surface area contributed by atoms with E-state index in [1.54, 1.807) is 0 Å². The molecule has 0 aliphatic heterocycles. The zero-order valence-corrected chi connectivity index (χ0v) is 12.7. The minimum Gasteiger partial charge on any atom is -0.182 e. The van der Waals surface area contributed by atoms with E-state index in [2.05, 4.69) is 6.92 Å². The summed E-state index contributed by atoms with van der Waals surface area (Å²) in [5.41, 5.74) is 0. The fourth-order valence-corrected chi connectivity index (χ4v) is 2.09. The van der Waals surface area contributed by atoms with E-state index in [0.717, 1.165) is 12.8 Å². The Balaban J connectivity index is 3.21. The Hall–Kier alpha value is -0.120. The van der Waals surface area contributed by atoms with Crippen LogP contribution in [0.1, 0.15) is 85.0 Å². The Morgan fingerprint density at radius 3 is 1.50 bits per heavy atom. The summed E-state index contributed by atoms with van der Waals surface area (Å²) in [6.07, 6.45) is 12.7. The van der Waals surface area contributed by atoms with Gasteiger partial charge in [-0.25, -0.2) is 0 Å². The number of rotatable bonds is 12. The van der Waals surface area contributed by atoms with Crippen molar-refractivity contribution in [3.63, 3.8) is 0 Å². The van der Waals surface area contributed by atoms with Crippen LogP contribution >= 0.6 is 0 Å². The van der Waals surface area contributed by atoms with Crippen LogP contribution in [-0.4, -0.2) is 27.8 Å². The zero-order valence-electron chi connectivity index (χ0n) is 12.7. The molecule has 0 aromatic heterocycles. The number of hydrogen-bond donors (Lipinski definition) is 2. The third kappa shape index (κ3) is 9.86. The van der Waals surface area contributed by atoms with Gasteiger partial charge in [-0.05, 0) is 25.1 Å². The average molecular weight is 260 g/mol. The Morgan fingerprint density at radius 1 is 0.722 bits per heavy atom. The summed E-state index contributed by atoms with van der Waals surface area (Å²) in [6.45, 7) is 6.36. The van der Waals surface area contributed by atoms with E-state index in [0.29, 0.717) is 6.54 Å². The van der Waals surface area contributed by atoms with Crippen LogP contribution < -0.4 is 0 Å². The van der Waals surface area contributed by atoms with Gasteiger partial charge in [0.1, 0.15) is 12.6 Å². The van der Waals surface area contributed by atoms with Crippen molar-refractivity contribution in [2.24, 2.45) is 0 Å². The van der Waals surface area contributed by atoms with Crippen LogP contribution in [0.5, 0.6) is 0 Å². The fraction of sp³-hybridized carbons (Fsp3) is 1.00. The third-order valence-electron chi connectivity index (χ3n) is 3.67. The van der Waals surface area contributed by atoms with Gasteiger partial charge in [0.15, 0.2) is 0 Å². The molecule has 0 spiro atoms. The van der Waals surface area contributed by atoms with Crippen LogP contribution in [-0.2, 0) is 0 Å². The van der Waals surface area contributed by atoms with E-state index in [1.165, 1.54) is 51.4 Å². The maximum Gasteiger partial charge on any atom is 0.146 e. The highest BCUT2D eigenvalue weighted by Gasteiger charge is 2.26. The molecule has 0 saturated heterocycles. The van der Waals surface area contributed by atoms with E-state index in [4.69, 9.17) is 0 Å². The van der Waals surface area contributed by atoms with Crippen molar-refractivity contribution in [2.45, 2.75) is 91.0 Å². The molecule has 0 unspecified atom stereocenters. The van der Waals surface area contributed by atoms with E-state index in [1.807, 2.05) is 13.8 Å². The van der Waals surface area contributed by atoms with Crippen molar-refractivity contribution >= 4 is 0 Å². The molecule has 3 heteroatoms. The van der Waals surface area contributed by atoms with Crippen molar-refractivity contribution in [2.75, 3.05) is 6.54 Å². The molecule has 0 atom stereocenters. The molecule has 3 nitrogen and oxygen atoms in total. The lowest BCUT2D eigenvalue weighted by molar-refractivity contribution is -1.26. The lowest BCUT2D eigenvalue weighted by Crippen LogP contribution is -2.47. The van der Waals surface area contributed by atoms with Crippen molar-refractivity contribution in [1.29, 1.82) is 0 Å². The number of nitrogens with zero attached hydrogens (tertiary/aromatic N) is 1. The van der Waals surface area contributed by atoms with Gasteiger partial charge in [-0.15, -0.1) is 0 Å². The van der Waals surface area contributed by atoms with Crippen LogP contribution in [0.4, 0.5) is 0 Å². The average Bonchev–Trinajstić information content (AvgIpc) is 2.31. The maximum absolute atomic E-state index is 9.61. The lowest BCUT2D eigenvalue weighted by Gasteiger charge is -2.25. The highest BCUT2D eigenvalue weighted by molar-refractivity contribution is 4.47. The van der Waals surface area contributed by atoms with Gasteiger partial charge in [-0.2, -0.15) is 10.4 Å². The topological polar surface area (TPSA) is 40.5 Å². The van der Waals surface area contributed by atoms with Crippen LogP contribution in [0.2, 0.25) is 0 Å². The molecular weight excluding hydrogens is 226 g/mol. The van der Waals surface area contributed by atoms with E-state index >= 15 is 0 Å². The van der Waals surface area contributed by atoms with E-state index in [-0.39, 0.29) is 6.04 Å². The molecule has 0 aliphatic rings. The standard InChI is InChI=1S/C15H34NO2/c1-4-5-6-7-8-9-10-11-12-13-14-16(17,18)15(2)3/h15,17-18H,4-14H2,1-3H3/q+1. The quantitative estimate of drug-likeness (QED) is 0.297. The molecule has 0 saturated carbocycles. The van der Waals surface area contributed by atoms with Gasteiger partial charge in [-0.1, -0.05) is 58.3 Å². The second-order valence-corrected chi connectivity index (χ2v) is 5.79. The molecule has 0 radical (unpaired) electrons. The molecule has 0 bridgehead atoms. The van der Waals surface area contributed by atoms with Gasteiger partial charge in [0.2, 0.25) is 0 Å². The lowest BCUT2D eigenvalue weighted by atomic mass is 10.1. The fourth-order valence-electron chi connectivity index (χ4n) is 2.09. The summed E-state index contributed by atoms with van der Waals surface area (Å²) in [4.78, 5) is -0.822. The highest BCUT2D eigenvalue weighted by Crippen LogP contribution is 2.12.